The highest BCUT2D eigenvalue weighted by molar-refractivity contribution is 5.29. The van der Waals surface area contributed by atoms with E-state index in [2.05, 4.69) is 27.7 Å². The first-order chi connectivity index (χ1) is 10.1. The molecule has 4 heteroatoms. The van der Waals surface area contributed by atoms with Crippen LogP contribution in [0.5, 0.6) is 0 Å². The summed E-state index contributed by atoms with van der Waals surface area (Å²) in [5.74, 6) is -0.0156. The van der Waals surface area contributed by atoms with Crippen LogP contribution >= 0.6 is 0 Å². The third-order valence-corrected chi connectivity index (χ3v) is 5.71. The largest absolute Gasteiger partial charge is 0.293 e. The maximum absolute atomic E-state index is 14.3. The van der Waals surface area contributed by atoms with E-state index < -0.39 is 0 Å². The molecule has 1 aromatic rings. The van der Waals surface area contributed by atoms with E-state index in [0.29, 0.717) is 23.4 Å². The van der Waals surface area contributed by atoms with Crippen LogP contribution in [0, 0.1) is 23.5 Å². The van der Waals surface area contributed by atoms with Gasteiger partial charge in [0.2, 0.25) is 0 Å². The fraction of sp³-hybridized carbons (Fsp3) is 0.667. The highest BCUT2D eigenvalue weighted by atomic mass is 19.1. The highest BCUT2D eigenvalue weighted by Crippen LogP contribution is 2.53. The molecule has 2 aliphatic rings. The van der Waals surface area contributed by atoms with Crippen molar-refractivity contribution in [2.75, 3.05) is 7.05 Å². The Morgan fingerprint density at radius 1 is 1.18 bits per heavy atom. The molecule has 0 spiro atoms. The first-order valence-corrected chi connectivity index (χ1v) is 8.01. The van der Waals surface area contributed by atoms with Crippen molar-refractivity contribution in [2.45, 2.75) is 57.6 Å². The van der Waals surface area contributed by atoms with Gasteiger partial charge in [-0.3, -0.25) is 4.84 Å². The van der Waals surface area contributed by atoms with E-state index in [-0.39, 0.29) is 22.7 Å². The van der Waals surface area contributed by atoms with E-state index >= 15 is 0 Å². The van der Waals surface area contributed by atoms with Crippen LogP contribution in [0.3, 0.4) is 0 Å². The Morgan fingerprint density at radius 3 is 2.55 bits per heavy atom. The second kappa shape index (κ2) is 5.00. The normalized spacial score (nSPS) is 38.0. The Morgan fingerprint density at radius 2 is 1.86 bits per heavy atom. The number of hydrogen-bond acceptors (Lipinski definition) is 2. The second-order valence-electron chi connectivity index (χ2n) is 7.91. The summed E-state index contributed by atoms with van der Waals surface area (Å²) < 4.78 is 28.0. The lowest BCUT2D eigenvalue weighted by Gasteiger charge is -2.46. The maximum atomic E-state index is 14.3. The van der Waals surface area contributed by atoms with Gasteiger partial charge in [0.15, 0.2) is 0 Å². The lowest BCUT2D eigenvalue weighted by molar-refractivity contribution is -0.182. The minimum atomic E-state index is -0.369. The van der Waals surface area contributed by atoms with Gasteiger partial charge in [-0.1, -0.05) is 13.8 Å². The summed E-state index contributed by atoms with van der Waals surface area (Å²) in [4.78, 5) is 6.01. The van der Waals surface area contributed by atoms with E-state index in [0.717, 1.165) is 12.8 Å². The lowest BCUT2D eigenvalue weighted by Crippen LogP contribution is -2.48. The molecule has 1 heterocycles. The standard InChI is InChI=1S/C18H25F2NO/c1-11-9-18(4,13-8-12(19)6-7-15(13)20)10-14-16(11)21(5)22-17(14,2)3/h6-8,11,14,16H,9-10H2,1-5H3. The van der Waals surface area contributed by atoms with Gasteiger partial charge < -0.3 is 0 Å². The SMILES string of the molecule is CC1CC(C)(c2cc(F)ccc2F)CC2C1N(C)OC2(C)C. The molecule has 2 nitrogen and oxygen atoms in total. The van der Waals surface area contributed by atoms with Gasteiger partial charge in [0.25, 0.3) is 0 Å². The summed E-state index contributed by atoms with van der Waals surface area (Å²) >= 11 is 0. The molecule has 1 saturated heterocycles. The number of benzene rings is 1. The minimum absolute atomic E-state index is 0.279. The number of hydrogen-bond donors (Lipinski definition) is 0. The van der Waals surface area contributed by atoms with E-state index in [4.69, 9.17) is 4.84 Å². The van der Waals surface area contributed by atoms with Gasteiger partial charge in [-0.25, -0.2) is 8.78 Å². The predicted octanol–water partition coefficient (Wildman–Crippen LogP) is 4.29. The topological polar surface area (TPSA) is 12.5 Å². The van der Waals surface area contributed by atoms with Gasteiger partial charge in [0.1, 0.15) is 11.6 Å². The Hall–Kier alpha value is -1.00. The lowest BCUT2D eigenvalue weighted by atomic mass is 9.59. The van der Waals surface area contributed by atoms with Gasteiger partial charge in [-0.15, -0.1) is 0 Å². The van der Waals surface area contributed by atoms with Crippen LogP contribution in [-0.4, -0.2) is 23.8 Å². The molecular formula is C18H25F2NO. The fourth-order valence-electron chi connectivity index (χ4n) is 4.87. The van der Waals surface area contributed by atoms with E-state index in [1.54, 1.807) is 0 Å². The summed E-state index contributed by atoms with van der Waals surface area (Å²) in [6.07, 6.45) is 1.64. The van der Waals surface area contributed by atoms with Crippen molar-refractivity contribution in [2.24, 2.45) is 11.8 Å². The van der Waals surface area contributed by atoms with E-state index in [1.807, 2.05) is 12.1 Å². The smallest absolute Gasteiger partial charge is 0.127 e. The number of hydroxylamine groups is 2. The Bertz CT molecular complexity index is 588. The quantitative estimate of drug-likeness (QED) is 0.767. The average Bonchev–Trinajstić information content (AvgIpc) is 2.62. The van der Waals surface area contributed by atoms with Crippen LogP contribution in [-0.2, 0) is 10.3 Å². The fourth-order valence-corrected chi connectivity index (χ4v) is 4.87. The summed E-state index contributed by atoms with van der Waals surface area (Å²) in [6.45, 7) is 8.43. The number of nitrogens with zero attached hydrogens (tertiary/aromatic N) is 1. The third-order valence-electron chi connectivity index (χ3n) is 5.71. The molecule has 0 N–H and O–H groups in total. The molecule has 0 amide bonds. The number of fused-ring (bicyclic) bond motifs is 1. The molecule has 1 aromatic carbocycles. The highest BCUT2D eigenvalue weighted by Gasteiger charge is 2.55. The van der Waals surface area contributed by atoms with Gasteiger partial charge in [0.05, 0.1) is 5.60 Å². The third kappa shape index (κ3) is 2.37. The zero-order chi connectivity index (χ0) is 16.3. The molecule has 1 aliphatic carbocycles. The molecule has 0 aromatic heterocycles. The van der Waals surface area contributed by atoms with Gasteiger partial charge in [-0.2, -0.15) is 5.06 Å². The van der Waals surface area contributed by atoms with Crippen molar-refractivity contribution in [3.63, 3.8) is 0 Å². The molecule has 0 radical (unpaired) electrons. The van der Waals surface area contributed by atoms with E-state index in [9.17, 15) is 8.78 Å². The van der Waals surface area contributed by atoms with Crippen molar-refractivity contribution in [1.29, 1.82) is 0 Å². The zero-order valence-corrected chi connectivity index (χ0v) is 14.0. The number of rotatable bonds is 1. The average molecular weight is 309 g/mol. The zero-order valence-electron chi connectivity index (χ0n) is 14.0. The van der Waals surface area contributed by atoms with Crippen molar-refractivity contribution < 1.29 is 13.6 Å². The van der Waals surface area contributed by atoms with Crippen molar-refractivity contribution >= 4 is 0 Å². The molecule has 4 atom stereocenters. The first-order valence-electron chi connectivity index (χ1n) is 8.01. The summed E-state index contributed by atoms with van der Waals surface area (Å²) in [5, 5.41) is 1.97. The summed E-state index contributed by atoms with van der Waals surface area (Å²) in [5.41, 5.74) is -0.138. The second-order valence-corrected chi connectivity index (χ2v) is 7.91. The Labute approximate surface area is 131 Å². The predicted molar refractivity (Wildman–Crippen MR) is 82.3 cm³/mol. The molecule has 1 aliphatic heterocycles. The van der Waals surface area contributed by atoms with Crippen LogP contribution in [0.4, 0.5) is 8.78 Å². The first kappa shape index (κ1) is 15.9. The number of halogens is 2. The van der Waals surface area contributed by atoms with Crippen molar-refractivity contribution in [3.8, 4) is 0 Å². The molecule has 2 fully saturated rings. The Balaban J connectivity index is 2.01. The molecular weight excluding hydrogens is 284 g/mol. The molecule has 122 valence electrons. The van der Waals surface area contributed by atoms with Gasteiger partial charge >= 0.3 is 0 Å². The summed E-state index contributed by atoms with van der Waals surface area (Å²) in [7, 11) is 1.98. The van der Waals surface area contributed by atoms with Crippen LogP contribution < -0.4 is 0 Å². The molecule has 22 heavy (non-hydrogen) atoms. The Kier molecular flexibility index (Phi) is 3.61. The minimum Gasteiger partial charge on any atom is -0.293 e. The monoisotopic (exact) mass is 309 g/mol. The maximum Gasteiger partial charge on any atom is 0.127 e. The molecule has 4 unspecified atom stereocenters. The van der Waals surface area contributed by atoms with Crippen LogP contribution in [0.15, 0.2) is 18.2 Å². The molecule has 0 bridgehead atoms. The van der Waals surface area contributed by atoms with Crippen molar-refractivity contribution in [1.82, 2.24) is 5.06 Å². The van der Waals surface area contributed by atoms with Crippen molar-refractivity contribution in [3.05, 3.63) is 35.4 Å². The van der Waals surface area contributed by atoms with Gasteiger partial charge in [0, 0.05) is 19.0 Å². The molecule has 1 saturated carbocycles. The summed E-state index contributed by atoms with van der Waals surface area (Å²) in [6, 6.07) is 4.14. The van der Waals surface area contributed by atoms with Crippen LogP contribution in [0.2, 0.25) is 0 Å². The van der Waals surface area contributed by atoms with Crippen LogP contribution in [0.1, 0.15) is 46.1 Å². The van der Waals surface area contributed by atoms with E-state index in [1.165, 1.54) is 18.2 Å². The molecule has 3 rings (SSSR count). The van der Waals surface area contributed by atoms with Crippen LogP contribution in [0.25, 0.3) is 0 Å². The van der Waals surface area contributed by atoms with Gasteiger partial charge in [-0.05, 0) is 61.8 Å².